The van der Waals surface area contributed by atoms with E-state index in [-0.39, 0.29) is 35.7 Å². The Morgan fingerprint density at radius 2 is 1.75 bits per heavy atom. The molecule has 2 aromatic rings. The van der Waals surface area contributed by atoms with E-state index in [0.717, 1.165) is 23.2 Å². The van der Waals surface area contributed by atoms with Crippen molar-refractivity contribution in [2.75, 3.05) is 4.90 Å². The minimum atomic E-state index is -0.809. The molecule has 2 saturated carbocycles. The number of rotatable bonds is 2. The molecule has 4 heteroatoms. The number of aryl methyl sites for hydroxylation is 3. The van der Waals surface area contributed by atoms with Crippen LogP contribution in [0.1, 0.15) is 28.7 Å². The fraction of sp³-hybridized carbons (Fsp3) is 0.458. The Kier molecular flexibility index (Phi) is 3.14. The third-order valence-corrected chi connectivity index (χ3v) is 7.71. The molecule has 0 aromatic heterocycles. The Hall–Kier alpha value is -2.17. The molecule has 2 saturated heterocycles. The molecule has 2 aliphatic heterocycles. The summed E-state index contributed by atoms with van der Waals surface area (Å²) < 4.78 is 6.73. The van der Waals surface area contributed by atoms with E-state index in [4.69, 9.17) is 4.74 Å². The van der Waals surface area contributed by atoms with Crippen molar-refractivity contribution in [2.24, 2.45) is 23.7 Å². The highest BCUT2D eigenvalue weighted by atomic mass is 16.6. The molecular formula is C24H25NO3. The number of amides is 1. The molecule has 4 aliphatic rings. The van der Waals surface area contributed by atoms with Crippen LogP contribution in [0, 0.1) is 44.4 Å². The lowest BCUT2D eigenvalue weighted by Crippen LogP contribution is -2.49. The van der Waals surface area contributed by atoms with Crippen LogP contribution in [0.3, 0.4) is 0 Å². The smallest absolute Gasteiger partial charge is 0.233 e. The summed E-state index contributed by atoms with van der Waals surface area (Å²) in [6.45, 7) is 6.20. The Balaban J connectivity index is 1.61. The molecular weight excluding hydrogens is 350 g/mol. The van der Waals surface area contributed by atoms with Gasteiger partial charge in [-0.2, -0.15) is 0 Å². The summed E-state index contributed by atoms with van der Waals surface area (Å²) in [7, 11) is 0. The predicted octanol–water partition coefficient (Wildman–Crippen LogP) is 3.45. The Bertz CT molecular complexity index is 999. The number of anilines is 1. The van der Waals surface area contributed by atoms with Gasteiger partial charge in [-0.1, -0.05) is 47.5 Å². The fourth-order valence-electron chi connectivity index (χ4n) is 6.69. The molecule has 6 rings (SSSR count). The second-order valence-electron chi connectivity index (χ2n) is 9.21. The number of aliphatic hydroxyl groups is 1. The van der Waals surface area contributed by atoms with Gasteiger partial charge in [-0.05, 0) is 50.7 Å². The minimum absolute atomic E-state index is 0.0237. The maximum atomic E-state index is 13.8. The van der Waals surface area contributed by atoms with Crippen molar-refractivity contribution in [1.29, 1.82) is 0 Å². The number of hydrogen-bond acceptors (Lipinski definition) is 3. The maximum absolute atomic E-state index is 13.8. The van der Waals surface area contributed by atoms with E-state index in [1.807, 2.05) is 4.90 Å². The molecule has 2 aromatic carbocycles. The van der Waals surface area contributed by atoms with Gasteiger partial charge in [0.15, 0.2) is 5.72 Å². The molecule has 7 atom stereocenters. The van der Waals surface area contributed by atoms with E-state index in [2.05, 4.69) is 63.2 Å². The predicted molar refractivity (Wildman–Crippen MR) is 106 cm³/mol. The number of carbonyl (C=O) groups is 1. The summed E-state index contributed by atoms with van der Waals surface area (Å²) in [4.78, 5) is 15.7. The van der Waals surface area contributed by atoms with Crippen molar-refractivity contribution in [2.45, 2.75) is 45.1 Å². The summed E-state index contributed by atoms with van der Waals surface area (Å²) in [6, 6.07) is 14.6. The highest BCUT2D eigenvalue weighted by Gasteiger charge is 2.79. The van der Waals surface area contributed by atoms with E-state index >= 15 is 0 Å². The van der Waals surface area contributed by atoms with E-state index < -0.39 is 11.8 Å². The van der Waals surface area contributed by atoms with Gasteiger partial charge in [0.2, 0.25) is 5.91 Å². The van der Waals surface area contributed by atoms with E-state index in [9.17, 15) is 9.90 Å². The number of nitrogens with zero attached hydrogens (tertiary/aromatic N) is 1. The fourth-order valence-corrected chi connectivity index (χ4v) is 6.69. The first-order valence-corrected chi connectivity index (χ1v) is 10.3. The normalized spacial score (nSPS) is 40.0. The summed E-state index contributed by atoms with van der Waals surface area (Å²) in [5.41, 5.74) is 4.60. The standard InChI is InChI=1S/C24H25NO3/c1-12-4-7-15(8-5-12)24-20-17-11-16(21(26)22(17)28-24)19(20)23(27)25(24)18-9-6-13(2)10-14(18)3/h4-10,16-17,19-22,26H,11H2,1-3H3. The minimum Gasteiger partial charge on any atom is -0.390 e. The molecule has 1 amide bonds. The lowest BCUT2D eigenvalue weighted by atomic mass is 9.75. The Morgan fingerprint density at radius 3 is 2.46 bits per heavy atom. The van der Waals surface area contributed by atoms with Gasteiger partial charge in [0.25, 0.3) is 0 Å². The number of aliphatic hydroxyl groups excluding tert-OH is 1. The van der Waals surface area contributed by atoms with Gasteiger partial charge in [0.1, 0.15) is 0 Å². The second-order valence-corrected chi connectivity index (χ2v) is 9.21. The van der Waals surface area contributed by atoms with Crippen molar-refractivity contribution in [3.8, 4) is 0 Å². The van der Waals surface area contributed by atoms with Gasteiger partial charge in [-0.3, -0.25) is 9.69 Å². The number of fused-ring (bicyclic) bond motifs is 2. The van der Waals surface area contributed by atoms with Crippen LogP contribution in [0.5, 0.6) is 0 Å². The Labute approximate surface area is 165 Å². The van der Waals surface area contributed by atoms with E-state index in [1.165, 1.54) is 11.1 Å². The molecule has 0 radical (unpaired) electrons. The molecule has 144 valence electrons. The number of benzene rings is 2. The maximum Gasteiger partial charge on any atom is 0.233 e. The summed E-state index contributed by atoms with van der Waals surface area (Å²) >= 11 is 0. The van der Waals surface area contributed by atoms with Gasteiger partial charge < -0.3 is 9.84 Å². The van der Waals surface area contributed by atoms with Crippen molar-refractivity contribution in [3.63, 3.8) is 0 Å². The van der Waals surface area contributed by atoms with Gasteiger partial charge in [-0.15, -0.1) is 0 Å². The molecule has 1 N–H and O–H groups in total. The van der Waals surface area contributed by atoms with Crippen LogP contribution in [-0.2, 0) is 15.3 Å². The average molecular weight is 375 g/mol. The second kappa shape index (κ2) is 5.25. The molecule has 2 aliphatic carbocycles. The zero-order valence-corrected chi connectivity index (χ0v) is 16.4. The summed E-state index contributed by atoms with van der Waals surface area (Å²) in [6.07, 6.45) is 0.207. The first-order valence-electron chi connectivity index (χ1n) is 10.3. The summed E-state index contributed by atoms with van der Waals surface area (Å²) in [5, 5.41) is 10.8. The van der Waals surface area contributed by atoms with Crippen LogP contribution in [0.2, 0.25) is 0 Å². The van der Waals surface area contributed by atoms with Gasteiger partial charge in [-0.25, -0.2) is 0 Å². The molecule has 2 bridgehead atoms. The topological polar surface area (TPSA) is 49.8 Å². The number of hydrogen-bond donors (Lipinski definition) is 1. The zero-order chi connectivity index (χ0) is 19.4. The zero-order valence-electron chi connectivity index (χ0n) is 16.4. The number of carbonyl (C=O) groups excluding carboxylic acids is 1. The van der Waals surface area contributed by atoms with Crippen LogP contribution in [0.4, 0.5) is 5.69 Å². The first kappa shape index (κ1) is 16.8. The molecule has 0 spiro atoms. The molecule has 28 heavy (non-hydrogen) atoms. The van der Waals surface area contributed by atoms with E-state index in [0.29, 0.717) is 0 Å². The highest BCUT2D eigenvalue weighted by molar-refractivity contribution is 6.01. The van der Waals surface area contributed by atoms with Crippen LogP contribution in [0.15, 0.2) is 42.5 Å². The van der Waals surface area contributed by atoms with Crippen LogP contribution in [0.25, 0.3) is 0 Å². The average Bonchev–Trinajstić information content (AvgIpc) is 3.33. The summed E-state index contributed by atoms with van der Waals surface area (Å²) in [5.74, 6) is 0.353. The van der Waals surface area contributed by atoms with Gasteiger partial charge >= 0.3 is 0 Å². The first-order chi connectivity index (χ1) is 13.4. The van der Waals surface area contributed by atoms with Crippen molar-refractivity contribution in [3.05, 3.63) is 64.7 Å². The molecule has 2 heterocycles. The Morgan fingerprint density at radius 1 is 1.04 bits per heavy atom. The van der Waals surface area contributed by atoms with Crippen molar-refractivity contribution in [1.82, 2.24) is 0 Å². The monoisotopic (exact) mass is 375 g/mol. The van der Waals surface area contributed by atoms with Crippen LogP contribution >= 0.6 is 0 Å². The highest BCUT2D eigenvalue weighted by Crippen LogP contribution is 2.71. The molecule has 7 unspecified atom stereocenters. The largest absolute Gasteiger partial charge is 0.390 e. The number of ether oxygens (including phenoxy) is 1. The van der Waals surface area contributed by atoms with Crippen molar-refractivity contribution < 1.29 is 14.6 Å². The quantitative estimate of drug-likeness (QED) is 0.875. The molecule has 4 nitrogen and oxygen atoms in total. The molecule has 4 fully saturated rings. The SMILES string of the molecule is Cc1ccc(C23OC4C(O)C5CC4C2C5C(=O)N3c2ccc(C)cc2C)cc1. The third kappa shape index (κ3) is 1.77. The lowest BCUT2D eigenvalue weighted by Gasteiger charge is -2.40. The van der Waals surface area contributed by atoms with Gasteiger partial charge in [0.05, 0.1) is 18.1 Å². The van der Waals surface area contributed by atoms with E-state index in [1.54, 1.807) is 0 Å². The third-order valence-electron chi connectivity index (χ3n) is 7.71. The lowest BCUT2D eigenvalue weighted by molar-refractivity contribution is -0.133. The van der Waals surface area contributed by atoms with Crippen molar-refractivity contribution >= 4 is 11.6 Å². The van der Waals surface area contributed by atoms with Gasteiger partial charge in [0, 0.05) is 17.2 Å². The van der Waals surface area contributed by atoms with Crippen LogP contribution in [-0.4, -0.2) is 23.2 Å². The van der Waals surface area contributed by atoms with Crippen LogP contribution < -0.4 is 4.90 Å².